The van der Waals surface area contributed by atoms with Crippen LogP contribution in [-0.2, 0) is 106 Å². The number of carboxylic acid groups (broad SMARTS) is 1. The number of carboxylic acids is 1. The van der Waals surface area contributed by atoms with E-state index in [-0.39, 0.29) is 123 Å². The van der Waals surface area contributed by atoms with Crippen LogP contribution < -0.4 is 34.1 Å². The van der Waals surface area contributed by atoms with Crippen molar-refractivity contribution in [1.29, 1.82) is 0 Å². The number of benzene rings is 4. The molecule has 40 nitrogen and oxygen atoms in total. The largest absolute Gasteiger partial charge is 0.478 e. The molecule has 0 amide bonds. The molecule has 0 atom stereocenters. The third kappa shape index (κ3) is 28.9. The minimum Gasteiger partial charge on any atom is -0.478 e. The maximum atomic E-state index is 13.3. The number of cyclic esters (lactones) is 2. The van der Waals surface area contributed by atoms with Crippen LogP contribution >= 0.6 is 0 Å². The van der Waals surface area contributed by atoms with Crippen LogP contribution in [0.4, 0.5) is 0 Å². The fraction of sp³-hybridized carbons (Fsp3) is 0.324. The van der Waals surface area contributed by atoms with E-state index < -0.39 is 165 Å². The highest BCUT2D eigenvalue weighted by atomic mass is 16.6. The van der Waals surface area contributed by atoms with Crippen molar-refractivity contribution in [3.63, 3.8) is 0 Å². The van der Waals surface area contributed by atoms with Crippen molar-refractivity contribution in [2.45, 2.75) is 67.0 Å². The smallest absolute Gasteiger partial charge is 0.346 e. The number of hydrogen-bond donors (Lipinski definition) is 6. The average Bonchev–Trinajstić information content (AvgIpc) is 1.05. The molecule has 0 saturated carbocycles. The topological polar surface area (TPSA) is 551 Å². The molecule has 1 aliphatic rings. The Morgan fingerprint density at radius 1 is 0.289 bits per heavy atom. The van der Waals surface area contributed by atoms with E-state index >= 15 is 0 Å². The van der Waals surface area contributed by atoms with Gasteiger partial charge in [-0.2, -0.15) is 0 Å². The van der Waals surface area contributed by atoms with Gasteiger partial charge in [-0.3, -0.25) is 0 Å². The fourth-order valence-electron chi connectivity index (χ4n) is 8.76. The predicted molar refractivity (Wildman–Crippen MR) is 391 cm³/mol. The Bertz CT molecular complexity index is 4640. The Labute approximate surface area is 644 Å². The first-order chi connectivity index (χ1) is 54.2. The maximum Gasteiger partial charge on any atom is 0.346 e. The van der Waals surface area contributed by atoms with Crippen LogP contribution in [0.3, 0.4) is 0 Å². The number of carbonyl (C=O) groups is 12. The molecule has 0 spiro atoms. The number of nitrogens with zero attached hydrogens (tertiary/aromatic N) is 6. The van der Waals surface area contributed by atoms with Crippen molar-refractivity contribution < 1.29 is 136 Å². The third-order valence-electron chi connectivity index (χ3n) is 14.2. The molecular formula is C74H82N6O34. The summed E-state index contributed by atoms with van der Waals surface area (Å²) in [7, 11) is 0. The summed E-state index contributed by atoms with van der Waals surface area (Å²) < 4.78 is 52.5. The van der Waals surface area contributed by atoms with Crippen LogP contribution in [0.2, 0.25) is 0 Å². The van der Waals surface area contributed by atoms with Gasteiger partial charge < -0.3 is 78.0 Å². The summed E-state index contributed by atoms with van der Waals surface area (Å²) >= 11 is 0. The standard InChI is InChI=1S/C37H39N3O16.C14H14O6.C9H15N3O6.C8H4O3.C6H10O3/c1-23(2)29(42)53-19-21-55-33(46)27-11-7-5-9-25(27)31(44)51-17-14-39-35(48)38(13-16-41)36(49)40(37(39)50)15-18-52-32(45)26-10-6-8-12-28(26)34(47)56-22-20-54-30(43)24(3)4;1-9(2)13(17)19-7-8-20-14(18)11-6-4-3-5-10(11)12(15)16;13-4-1-10-7(16)11(2-5-14)9(18)12(3-6-15)8(10)17;9-7-5-3-1-2-4-6(5)8(10)11-7;1-5(2)6(8)9-4-3-7/h5-12,41H,1,3,13-22H2,2,4H3;3-6H,1,7-8H2,2H3,(H,15,16);13-15H,1-6H2;1-4H;7H,1,3-4H2,2H3. The third-order valence-corrected chi connectivity index (χ3v) is 14.2. The second kappa shape index (κ2) is 48.7. The molecule has 114 heavy (non-hydrogen) atoms. The van der Waals surface area contributed by atoms with Gasteiger partial charge in [0.05, 0.1) is 117 Å². The van der Waals surface area contributed by atoms with Gasteiger partial charge in [-0.15, -0.1) is 0 Å². The number of ether oxygens (including phenoxy) is 10. The zero-order valence-corrected chi connectivity index (χ0v) is 62.0. The Morgan fingerprint density at radius 2 is 0.491 bits per heavy atom. The molecule has 3 heterocycles. The highest BCUT2D eigenvalue weighted by Crippen LogP contribution is 2.19. The van der Waals surface area contributed by atoms with Crippen molar-refractivity contribution in [3.8, 4) is 0 Å². The van der Waals surface area contributed by atoms with Crippen molar-refractivity contribution in [3.05, 3.63) is 253 Å². The number of aliphatic hydroxyl groups is 5. The van der Waals surface area contributed by atoms with Gasteiger partial charge in [0.15, 0.2) is 0 Å². The van der Waals surface area contributed by atoms with Crippen molar-refractivity contribution in [2.75, 3.05) is 92.5 Å². The lowest BCUT2D eigenvalue weighted by atomic mass is 10.1. The van der Waals surface area contributed by atoms with Crippen LogP contribution in [0.15, 0.2) is 174 Å². The molecule has 7 rings (SSSR count). The molecule has 0 aliphatic carbocycles. The fourth-order valence-corrected chi connectivity index (χ4v) is 8.76. The van der Waals surface area contributed by atoms with E-state index in [0.717, 1.165) is 0 Å². The lowest BCUT2D eigenvalue weighted by Gasteiger charge is -2.14. The summed E-state index contributed by atoms with van der Waals surface area (Å²) in [5, 5.41) is 53.0. The maximum absolute atomic E-state index is 13.3. The van der Waals surface area contributed by atoms with Crippen LogP contribution in [0.1, 0.15) is 111 Å². The van der Waals surface area contributed by atoms with E-state index in [0.29, 0.717) is 44.1 Å². The number of aromatic nitrogens is 6. The molecule has 0 fully saturated rings. The lowest BCUT2D eigenvalue weighted by Crippen LogP contribution is -2.55. The predicted octanol–water partition coefficient (Wildman–Crippen LogP) is -0.665. The minimum atomic E-state index is -1.22. The van der Waals surface area contributed by atoms with E-state index in [9.17, 15) is 91.4 Å². The van der Waals surface area contributed by atoms with E-state index in [4.69, 9.17) is 63.4 Å². The summed E-state index contributed by atoms with van der Waals surface area (Å²) in [5.74, 6) is -9.39. The molecule has 612 valence electrons. The van der Waals surface area contributed by atoms with Gasteiger partial charge in [0.25, 0.3) is 0 Å². The molecule has 0 saturated heterocycles. The number of hydrogen-bond acceptors (Lipinski definition) is 33. The van der Waals surface area contributed by atoms with E-state index in [1.807, 2.05) is 0 Å². The minimum absolute atomic E-state index is 0.0473. The second-order valence-corrected chi connectivity index (χ2v) is 22.7. The molecule has 0 unspecified atom stereocenters. The normalized spacial score (nSPS) is 10.6. The van der Waals surface area contributed by atoms with Gasteiger partial charge >= 0.3 is 106 Å². The summed E-state index contributed by atoms with van der Waals surface area (Å²) in [6, 6.07) is 23.2. The molecule has 6 aromatic rings. The van der Waals surface area contributed by atoms with Crippen LogP contribution in [-0.4, -0.2) is 222 Å². The van der Waals surface area contributed by atoms with Gasteiger partial charge in [0, 0.05) is 22.3 Å². The van der Waals surface area contributed by atoms with Gasteiger partial charge in [-0.05, 0) is 76.2 Å². The molecule has 40 heteroatoms. The SMILES string of the molecule is C=C(C)C(=O)OCCO.C=C(C)C(=O)OCCOC(=O)c1ccccc1C(=O)O.C=C(C)C(=O)OCCOC(=O)c1ccccc1C(=O)OCCn1c(=O)n(CCO)c(=O)n(CCOC(=O)c2ccccc2C(=O)OCCOC(=O)C(=C)C)c1=O.O=C1OC(=O)c2ccccc21.O=c1n(CCO)c(=O)n(CCO)c(=O)n1CCO. The highest BCUT2D eigenvalue weighted by Gasteiger charge is 2.29. The zero-order chi connectivity index (χ0) is 85.3. The summed E-state index contributed by atoms with van der Waals surface area (Å²) in [4.78, 5) is 215. The summed E-state index contributed by atoms with van der Waals surface area (Å²) in [5.41, 5.74) is -5.45. The molecular weight excluding hydrogens is 1520 g/mol. The molecule has 0 radical (unpaired) electrons. The highest BCUT2D eigenvalue weighted by molar-refractivity contribution is 6.14. The van der Waals surface area contributed by atoms with Crippen LogP contribution in [0, 0.1) is 0 Å². The first kappa shape index (κ1) is 94.5. The van der Waals surface area contributed by atoms with Crippen LogP contribution in [0.5, 0.6) is 0 Å². The molecule has 2 aromatic heterocycles. The lowest BCUT2D eigenvalue weighted by molar-refractivity contribution is -0.140. The molecule has 0 bridgehead atoms. The van der Waals surface area contributed by atoms with E-state index in [2.05, 4.69) is 35.8 Å². The van der Waals surface area contributed by atoms with Gasteiger partial charge in [-0.25, -0.2) is 114 Å². The zero-order valence-electron chi connectivity index (χ0n) is 62.0. The van der Waals surface area contributed by atoms with Gasteiger partial charge in [0.2, 0.25) is 0 Å². The number of aliphatic hydroxyl groups excluding tert-OH is 5. The van der Waals surface area contributed by atoms with Crippen molar-refractivity contribution in [2.24, 2.45) is 0 Å². The van der Waals surface area contributed by atoms with Crippen molar-refractivity contribution in [1.82, 2.24) is 27.4 Å². The first-order valence-corrected chi connectivity index (χ1v) is 33.6. The Balaban J connectivity index is 0.000000462. The molecule has 6 N–H and O–H groups in total. The van der Waals surface area contributed by atoms with Crippen molar-refractivity contribution >= 4 is 71.6 Å². The average molecular weight is 1600 g/mol. The number of fused-ring (bicyclic) bond motifs is 1. The number of esters is 11. The number of aromatic carboxylic acids is 1. The monoisotopic (exact) mass is 1600 g/mol. The quantitative estimate of drug-likeness (QED) is 0.00945. The first-order valence-electron chi connectivity index (χ1n) is 33.6. The number of carbonyl (C=O) groups excluding carboxylic acids is 11. The molecule has 1 aliphatic heterocycles. The summed E-state index contributed by atoms with van der Waals surface area (Å²) in [6.45, 7) is 12.4. The number of rotatable bonds is 35. The van der Waals surface area contributed by atoms with E-state index in [1.165, 1.54) is 93.6 Å². The van der Waals surface area contributed by atoms with E-state index in [1.54, 1.807) is 31.2 Å². The van der Waals surface area contributed by atoms with Gasteiger partial charge in [0.1, 0.15) is 59.5 Å². The summed E-state index contributed by atoms with van der Waals surface area (Å²) in [6.07, 6.45) is 0. The second-order valence-electron chi connectivity index (χ2n) is 22.7. The Hall–Kier alpha value is -13.7. The Morgan fingerprint density at radius 3 is 0.719 bits per heavy atom. The Kier molecular flexibility index (Phi) is 40.4. The molecule has 4 aromatic carbocycles. The van der Waals surface area contributed by atoms with Crippen LogP contribution in [0.25, 0.3) is 0 Å². The van der Waals surface area contributed by atoms with Gasteiger partial charge in [-0.1, -0.05) is 74.8 Å².